The van der Waals surface area contributed by atoms with Gasteiger partial charge in [0.1, 0.15) is 0 Å². The number of thioether (sulfide) groups is 1. The molecule has 0 saturated carbocycles. The molecule has 2 rings (SSSR count). The minimum Gasteiger partial charge on any atom is -0.377 e. The van der Waals surface area contributed by atoms with E-state index in [1.165, 1.54) is 17.7 Å². The predicted octanol–water partition coefficient (Wildman–Crippen LogP) is 3.80. The molecule has 0 radical (unpaired) electrons. The summed E-state index contributed by atoms with van der Waals surface area (Å²) in [6.45, 7) is 6.38. The Hall–Kier alpha value is -0.580. The summed E-state index contributed by atoms with van der Waals surface area (Å²) in [5.74, 6) is 1.05. The zero-order chi connectivity index (χ0) is 14.2. The van der Waals surface area contributed by atoms with E-state index in [0.717, 1.165) is 37.4 Å². The lowest BCUT2D eigenvalue weighted by Gasteiger charge is -2.16. The van der Waals surface area contributed by atoms with Crippen molar-refractivity contribution < 1.29 is 4.74 Å². The molecule has 2 unspecified atom stereocenters. The van der Waals surface area contributed by atoms with Crippen molar-refractivity contribution in [3.63, 3.8) is 0 Å². The van der Waals surface area contributed by atoms with Crippen LogP contribution in [0.2, 0.25) is 0 Å². The van der Waals surface area contributed by atoms with Crippen molar-refractivity contribution in [1.82, 2.24) is 10.3 Å². The van der Waals surface area contributed by atoms with E-state index in [4.69, 9.17) is 4.74 Å². The first kappa shape index (κ1) is 15.8. The van der Waals surface area contributed by atoms with Gasteiger partial charge < -0.3 is 10.1 Å². The van der Waals surface area contributed by atoms with E-state index >= 15 is 0 Å². The molecule has 1 N–H and O–H groups in total. The van der Waals surface area contributed by atoms with Crippen LogP contribution in [0.3, 0.4) is 0 Å². The molecule has 0 spiro atoms. The van der Waals surface area contributed by atoms with Crippen LogP contribution in [0.15, 0.2) is 23.2 Å². The minimum atomic E-state index is 0.382. The topological polar surface area (TPSA) is 34.1 Å². The maximum Gasteiger partial charge on any atom is 0.0669 e. The van der Waals surface area contributed by atoms with Gasteiger partial charge in [-0.05, 0) is 44.4 Å². The van der Waals surface area contributed by atoms with Gasteiger partial charge in [0, 0.05) is 29.5 Å². The van der Waals surface area contributed by atoms with E-state index in [1.54, 1.807) is 0 Å². The Bertz CT molecular complexity index is 377. The highest BCUT2D eigenvalue weighted by Gasteiger charge is 2.15. The van der Waals surface area contributed by atoms with Gasteiger partial charge in [0.05, 0.1) is 11.8 Å². The lowest BCUT2D eigenvalue weighted by atomic mass is 10.1. The van der Waals surface area contributed by atoms with Gasteiger partial charge in [-0.3, -0.25) is 4.98 Å². The average Bonchev–Trinajstić information content (AvgIpc) is 3.00. The summed E-state index contributed by atoms with van der Waals surface area (Å²) in [4.78, 5) is 5.87. The van der Waals surface area contributed by atoms with Gasteiger partial charge in [0.15, 0.2) is 0 Å². The molecule has 3 nitrogen and oxygen atoms in total. The molecule has 1 aliphatic heterocycles. The van der Waals surface area contributed by atoms with Crippen molar-refractivity contribution in [2.24, 2.45) is 0 Å². The lowest BCUT2D eigenvalue weighted by molar-refractivity contribution is 0.129. The Morgan fingerprint density at radius 1 is 1.45 bits per heavy atom. The molecule has 1 aliphatic rings. The second kappa shape index (κ2) is 8.65. The van der Waals surface area contributed by atoms with E-state index in [2.05, 4.69) is 36.3 Å². The summed E-state index contributed by atoms with van der Waals surface area (Å²) in [5.41, 5.74) is 1.16. The number of ether oxygens (including phenoxy) is 1. The molecule has 0 bridgehead atoms. The summed E-state index contributed by atoms with van der Waals surface area (Å²) in [6, 6.07) is 4.74. The first-order valence-corrected chi connectivity index (χ1v) is 8.75. The van der Waals surface area contributed by atoms with Crippen LogP contribution in [-0.2, 0) is 4.74 Å². The fourth-order valence-corrected chi connectivity index (χ4v) is 3.36. The maximum absolute atomic E-state index is 5.65. The van der Waals surface area contributed by atoms with E-state index in [9.17, 15) is 0 Å². The molecule has 2 heterocycles. The van der Waals surface area contributed by atoms with Crippen molar-refractivity contribution in [2.45, 2.75) is 56.6 Å². The number of pyridine rings is 1. The molecule has 1 saturated heterocycles. The summed E-state index contributed by atoms with van der Waals surface area (Å²) in [7, 11) is 0. The van der Waals surface area contributed by atoms with Crippen LogP contribution >= 0.6 is 11.8 Å². The fourth-order valence-electron chi connectivity index (χ4n) is 2.42. The minimum absolute atomic E-state index is 0.382. The Morgan fingerprint density at radius 3 is 2.95 bits per heavy atom. The van der Waals surface area contributed by atoms with Gasteiger partial charge >= 0.3 is 0 Å². The number of nitrogens with zero attached hydrogens (tertiary/aromatic N) is 1. The van der Waals surface area contributed by atoms with Gasteiger partial charge in [-0.2, -0.15) is 0 Å². The smallest absolute Gasteiger partial charge is 0.0669 e. The Kier molecular flexibility index (Phi) is 6.83. The Labute approximate surface area is 126 Å². The SMILES string of the molecule is CCCNC(CC)c1ccc(SCC2CCCO2)cn1. The molecule has 112 valence electrons. The van der Waals surface area contributed by atoms with Crippen LogP contribution in [0.25, 0.3) is 0 Å². The monoisotopic (exact) mass is 294 g/mol. The molecule has 1 aromatic heterocycles. The van der Waals surface area contributed by atoms with Gasteiger partial charge in [-0.25, -0.2) is 0 Å². The van der Waals surface area contributed by atoms with Crippen molar-refractivity contribution in [2.75, 3.05) is 18.9 Å². The van der Waals surface area contributed by atoms with Gasteiger partial charge in [-0.1, -0.05) is 13.8 Å². The van der Waals surface area contributed by atoms with Crippen molar-refractivity contribution in [3.05, 3.63) is 24.0 Å². The molecule has 20 heavy (non-hydrogen) atoms. The molecule has 1 fully saturated rings. The predicted molar refractivity (Wildman–Crippen MR) is 85.3 cm³/mol. The highest BCUT2D eigenvalue weighted by atomic mass is 32.2. The van der Waals surface area contributed by atoms with Crippen LogP contribution < -0.4 is 5.32 Å². The highest BCUT2D eigenvalue weighted by Crippen LogP contribution is 2.24. The van der Waals surface area contributed by atoms with Crippen molar-refractivity contribution >= 4 is 11.8 Å². The number of aromatic nitrogens is 1. The quantitative estimate of drug-likeness (QED) is 0.739. The molecular weight excluding hydrogens is 268 g/mol. The molecule has 0 amide bonds. The van der Waals surface area contributed by atoms with E-state index < -0.39 is 0 Å². The van der Waals surface area contributed by atoms with Crippen LogP contribution in [0.5, 0.6) is 0 Å². The Morgan fingerprint density at radius 2 is 2.35 bits per heavy atom. The van der Waals surface area contributed by atoms with E-state index in [0.29, 0.717) is 12.1 Å². The molecule has 0 aliphatic carbocycles. The third-order valence-corrected chi connectivity index (χ3v) is 4.74. The zero-order valence-electron chi connectivity index (χ0n) is 12.6. The van der Waals surface area contributed by atoms with E-state index in [1.807, 2.05) is 18.0 Å². The van der Waals surface area contributed by atoms with Crippen molar-refractivity contribution in [1.29, 1.82) is 0 Å². The van der Waals surface area contributed by atoms with Gasteiger partial charge in [0.25, 0.3) is 0 Å². The molecule has 1 aromatic rings. The maximum atomic E-state index is 5.65. The van der Waals surface area contributed by atoms with Gasteiger partial charge in [-0.15, -0.1) is 11.8 Å². The number of nitrogens with one attached hydrogen (secondary N) is 1. The summed E-state index contributed by atoms with van der Waals surface area (Å²) in [5, 5.41) is 3.54. The number of hydrogen-bond donors (Lipinski definition) is 1. The third kappa shape index (κ3) is 4.76. The third-order valence-electron chi connectivity index (χ3n) is 3.63. The summed E-state index contributed by atoms with van der Waals surface area (Å²) >= 11 is 1.86. The normalized spacial score (nSPS) is 20.2. The average molecular weight is 294 g/mol. The second-order valence-electron chi connectivity index (χ2n) is 5.28. The van der Waals surface area contributed by atoms with Crippen LogP contribution in [0.1, 0.15) is 51.3 Å². The number of rotatable bonds is 8. The zero-order valence-corrected chi connectivity index (χ0v) is 13.4. The molecule has 0 aromatic carbocycles. The molecule has 2 atom stereocenters. The lowest BCUT2D eigenvalue weighted by Crippen LogP contribution is -2.22. The summed E-state index contributed by atoms with van der Waals surface area (Å²) in [6.07, 6.45) is 7.10. The molecule has 4 heteroatoms. The largest absolute Gasteiger partial charge is 0.377 e. The van der Waals surface area contributed by atoms with Crippen LogP contribution in [0.4, 0.5) is 0 Å². The number of hydrogen-bond acceptors (Lipinski definition) is 4. The standard InChI is InChI=1S/C16H26N2OS/c1-3-9-17-15(4-2)16-8-7-14(11-18-16)20-12-13-6-5-10-19-13/h7-8,11,13,15,17H,3-6,9-10,12H2,1-2H3. The van der Waals surface area contributed by atoms with Crippen molar-refractivity contribution in [3.8, 4) is 0 Å². The van der Waals surface area contributed by atoms with Gasteiger partial charge in [0.2, 0.25) is 0 Å². The highest BCUT2D eigenvalue weighted by molar-refractivity contribution is 7.99. The van der Waals surface area contributed by atoms with E-state index in [-0.39, 0.29) is 0 Å². The van der Waals surface area contributed by atoms with Crippen LogP contribution in [-0.4, -0.2) is 30.0 Å². The molecular formula is C16H26N2OS. The second-order valence-corrected chi connectivity index (χ2v) is 6.37. The Balaban J connectivity index is 1.84. The fraction of sp³-hybridized carbons (Fsp3) is 0.688. The first-order valence-electron chi connectivity index (χ1n) is 7.77. The summed E-state index contributed by atoms with van der Waals surface area (Å²) < 4.78 is 5.65. The van der Waals surface area contributed by atoms with Crippen LogP contribution in [0, 0.1) is 0 Å². The first-order chi connectivity index (χ1) is 9.83.